The highest BCUT2D eigenvalue weighted by atomic mass is 32.2. The van der Waals surface area contributed by atoms with Crippen LogP contribution in [-0.2, 0) is 6.54 Å². The second-order valence-corrected chi connectivity index (χ2v) is 7.44. The van der Waals surface area contributed by atoms with E-state index in [2.05, 4.69) is 36.5 Å². The molecule has 2 heteroatoms. The zero-order valence-electron chi connectivity index (χ0n) is 13.6. The van der Waals surface area contributed by atoms with Crippen molar-refractivity contribution in [3.8, 4) is 0 Å². The van der Waals surface area contributed by atoms with Gasteiger partial charge in [0, 0.05) is 17.5 Å². The molecule has 0 saturated heterocycles. The van der Waals surface area contributed by atoms with Crippen molar-refractivity contribution >= 4 is 11.8 Å². The van der Waals surface area contributed by atoms with Gasteiger partial charge in [0.05, 0.1) is 0 Å². The van der Waals surface area contributed by atoms with E-state index in [1.165, 1.54) is 74.0 Å². The van der Waals surface area contributed by atoms with Crippen molar-refractivity contribution in [2.24, 2.45) is 0 Å². The van der Waals surface area contributed by atoms with Crippen LogP contribution in [0.15, 0.2) is 29.2 Å². The van der Waals surface area contributed by atoms with E-state index in [0.29, 0.717) is 0 Å². The summed E-state index contributed by atoms with van der Waals surface area (Å²) in [5, 5.41) is 3.57. The molecule has 0 aromatic heterocycles. The third kappa shape index (κ3) is 7.92. The highest BCUT2D eigenvalue weighted by molar-refractivity contribution is 7.99. The summed E-state index contributed by atoms with van der Waals surface area (Å²) < 4.78 is 0. The van der Waals surface area contributed by atoms with Gasteiger partial charge in [0.25, 0.3) is 0 Å². The molecule has 1 aromatic carbocycles. The molecule has 0 radical (unpaired) electrons. The van der Waals surface area contributed by atoms with Crippen LogP contribution in [-0.4, -0.2) is 11.8 Å². The maximum Gasteiger partial charge on any atom is 0.0208 e. The third-order valence-corrected chi connectivity index (χ3v) is 5.21. The first-order valence-corrected chi connectivity index (χ1v) is 9.82. The lowest BCUT2D eigenvalue weighted by Crippen LogP contribution is -2.14. The van der Waals surface area contributed by atoms with Crippen molar-refractivity contribution in [1.82, 2.24) is 5.32 Å². The van der Waals surface area contributed by atoms with Crippen LogP contribution in [0.3, 0.4) is 0 Å². The van der Waals surface area contributed by atoms with Gasteiger partial charge in [-0.2, -0.15) is 0 Å². The van der Waals surface area contributed by atoms with Crippen molar-refractivity contribution in [1.29, 1.82) is 0 Å². The number of benzene rings is 1. The number of unbranched alkanes of at least 4 members (excludes halogenated alkanes) is 6. The van der Waals surface area contributed by atoms with Crippen molar-refractivity contribution in [3.05, 3.63) is 29.8 Å². The zero-order chi connectivity index (χ0) is 14.8. The molecule has 0 amide bonds. The van der Waals surface area contributed by atoms with Crippen LogP contribution in [0.5, 0.6) is 0 Å². The van der Waals surface area contributed by atoms with Gasteiger partial charge in [-0.15, -0.1) is 11.8 Å². The molecule has 118 valence electrons. The molecule has 1 aliphatic carbocycles. The van der Waals surface area contributed by atoms with E-state index >= 15 is 0 Å². The minimum Gasteiger partial charge on any atom is -0.310 e. The van der Waals surface area contributed by atoms with E-state index in [9.17, 15) is 0 Å². The fourth-order valence-corrected chi connectivity index (χ4v) is 3.42. The Balaban J connectivity index is 1.49. The van der Waals surface area contributed by atoms with Gasteiger partial charge in [0.2, 0.25) is 0 Å². The highest BCUT2D eigenvalue weighted by Gasteiger charge is 2.19. The van der Waals surface area contributed by atoms with Crippen LogP contribution in [0.2, 0.25) is 0 Å². The summed E-state index contributed by atoms with van der Waals surface area (Å²) in [7, 11) is 0. The second-order valence-electron chi connectivity index (χ2n) is 6.27. The van der Waals surface area contributed by atoms with Crippen LogP contribution in [0, 0.1) is 0 Å². The average Bonchev–Trinajstić information content (AvgIpc) is 3.33. The van der Waals surface area contributed by atoms with Crippen molar-refractivity contribution < 1.29 is 0 Å². The average molecular weight is 306 g/mol. The Morgan fingerprint density at radius 1 is 0.952 bits per heavy atom. The first-order valence-electron chi connectivity index (χ1n) is 8.83. The molecule has 1 N–H and O–H groups in total. The lowest BCUT2D eigenvalue weighted by molar-refractivity contribution is 0.603. The maximum absolute atomic E-state index is 3.57. The number of nitrogens with one attached hydrogen (secondary N) is 1. The monoisotopic (exact) mass is 305 g/mol. The summed E-state index contributed by atoms with van der Waals surface area (Å²) in [5.74, 6) is 1.27. The van der Waals surface area contributed by atoms with Gasteiger partial charge in [-0.1, -0.05) is 57.6 Å². The molecular formula is C19H31NS. The van der Waals surface area contributed by atoms with E-state index in [1.54, 1.807) is 0 Å². The Morgan fingerprint density at radius 3 is 2.29 bits per heavy atom. The van der Waals surface area contributed by atoms with E-state index in [0.717, 1.165) is 12.6 Å². The summed E-state index contributed by atoms with van der Waals surface area (Å²) >= 11 is 2.01. The molecule has 1 aliphatic rings. The molecule has 1 nitrogen and oxygen atoms in total. The molecule has 0 atom stereocenters. The summed E-state index contributed by atoms with van der Waals surface area (Å²) in [6.45, 7) is 3.32. The standard InChI is InChI=1S/C19H31NS/c1-2-3-4-5-6-7-8-15-21-19-13-9-17(10-14-19)16-20-18-11-12-18/h9-10,13-14,18,20H,2-8,11-12,15-16H2,1H3. The van der Waals surface area contributed by atoms with Crippen molar-refractivity contribution in [2.75, 3.05) is 5.75 Å². The van der Waals surface area contributed by atoms with Crippen LogP contribution in [0.25, 0.3) is 0 Å². The number of thioether (sulfide) groups is 1. The van der Waals surface area contributed by atoms with Crippen molar-refractivity contribution in [2.45, 2.75) is 82.2 Å². The molecule has 0 heterocycles. The number of rotatable bonds is 12. The molecule has 1 aromatic rings. The van der Waals surface area contributed by atoms with E-state index in [-0.39, 0.29) is 0 Å². The third-order valence-electron chi connectivity index (χ3n) is 4.11. The minimum atomic E-state index is 0.802. The topological polar surface area (TPSA) is 12.0 Å². The van der Waals surface area contributed by atoms with Gasteiger partial charge in [0.1, 0.15) is 0 Å². The molecule has 2 rings (SSSR count). The van der Waals surface area contributed by atoms with Gasteiger partial charge < -0.3 is 5.32 Å². The first-order chi connectivity index (χ1) is 10.4. The Bertz CT molecular complexity index is 370. The van der Waals surface area contributed by atoms with E-state index in [1.807, 2.05) is 11.8 Å². The lowest BCUT2D eigenvalue weighted by Gasteiger charge is -2.05. The van der Waals surface area contributed by atoms with Gasteiger partial charge >= 0.3 is 0 Å². The molecule has 1 saturated carbocycles. The Labute approximate surface area is 135 Å². The largest absolute Gasteiger partial charge is 0.310 e. The fourth-order valence-electron chi connectivity index (χ4n) is 2.50. The SMILES string of the molecule is CCCCCCCCCSc1ccc(CNC2CC2)cc1. The van der Waals surface area contributed by atoms with E-state index < -0.39 is 0 Å². The molecule has 0 unspecified atom stereocenters. The predicted octanol–water partition coefficient (Wildman–Crippen LogP) is 5.78. The fraction of sp³-hybridized carbons (Fsp3) is 0.684. The summed E-state index contributed by atoms with van der Waals surface area (Å²) in [4.78, 5) is 1.43. The highest BCUT2D eigenvalue weighted by Crippen LogP contribution is 2.22. The minimum absolute atomic E-state index is 0.802. The van der Waals surface area contributed by atoms with Gasteiger partial charge in [-0.05, 0) is 42.7 Å². The quantitative estimate of drug-likeness (QED) is 0.388. The van der Waals surface area contributed by atoms with E-state index in [4.69, 9.17) is 0 Å². The predicted molar refractivity (Wildman–Crippen MR) is 95.0 cm³/mol. The molecule has 21 heavy (non-hydrogen) atoms. The van der Waals surface area contributed by atoms with Gasteiger partial charge in [-0.25, -0.2) is 0 Å². The van der Waals surface area contributed by atoms with Gasteiger partial charge in [0.15, 0.2) is 0 Å². The summed E-state index contributed by atoms with van der Waals surface area (Å²) in [5.41, 5.74) is 1.42. The van der Waals surface area contributed by atoms with Crippen LogP contribution < -0.4 is 5.32 Å². The van der Waals surface area contributed by atoms with Gasteiger partial charge in [-0.3, -0.25) is 0 Å². The summed E-state index contributed by atoms with van der Waals surface area (Å²) in [6, 6.07) is 9.94. The molecule has 0 spiro atoms. The number of hydrogen-bond acceptors (Lipinski definition) is 2. The normalized spacial score (nSPS) is 14.5. The Hall–Kier alpha value is -0.470. The summed E-state index contributed by atoms with van der Waals surface area (Å²) in [6.07, 6.45) is 12.5. The molecule has 0 bridgehead atoms. The Morgan fingerprint density at radius 2 is 1.62 bits per heavy atom. The van der Waals surface area contributed by atoms with Crippen LogP contribution in [0.1, 0.15) is 70.3 Å². The van der Waals surface area contributed by atoms with Crippen LogP contribution >= 0.6 is 11.8 Å². The number of hydrogen-bond donors (Lipinski definition) is 1. The lowest BCUT2D eigenvalue weighted by atomic mass is 10.1. The first kappa shape index (κ1) is 16.9. The maximum atomic E-state index is 3.57. The Kier molecular flexibility index (Phi) is 8.28. The van der Waals surface area contributed by atoms with Crippen LogP contribution in [0.4, 0.5) is 0 Å². The molecule has 1 fully saturated rings. The molecule has 0 aliphatic heterocycles. The molecular weight excluding hydrogens is 274 g/mol. The zero-order valence-corrected chi connectivity index (χ0v) is 14.4. The second kappa shape index (κ2) is 10.3. The smallest absolute Gasteiger partial charge is 0.0208 e. The van der Waals surface area contributed by atoms with Crippen molar-refractivity contribution in [3.63, 3.8) is 0 Å².